The van der Waals surface area contributed by atoms with Crippen molar-refractivity contribution in [3.8, 4) is 16.8 Å². The minimum atomic E-state index is -4.71. The van der Waals surface area contributed by atoms with E-state index in [9.17, 15) is 13.2 Å². The summed E-state index contributed by atoms with van der Waals surface area (Å²) in [5.74, 6) is 2.61. The van der Waals surface area contributed by atoms with E-state index >= 15 is 8.78 Å². The van der Waals surface area contributed by atoms with E-state index in [1.54, 1.807) is 6.07 Å². The van der Waals surface area contributed by atoms with Crippen LogP contribution in [0.1, 0.15) is 17.1 Å². The zero-order valence-corrected chi connectivity index (χ0v) is 22.3. The van der Waals surface area contributed by atoms with Crippen molar-refractivity contribution in [2.24, 2.45) is 11.6 Å². The zero-order chi connectivity index (χ0) is 28.5. The van der Waals surface area contributed by atoms with Gasteiger partial charge in [-0.3, -0.25) is 5.01 Å². The van der Waals surface area contributed by atoms with Crippen LogP contribution in [0.3, 0.4) is 0 Å². The summed E-state index contributed by atoms with van der Waals surface area (Å²) in [5.41, 5.74) is 4.73. The van der Waals surface area contributed by atoms with Gasteiger partial charge in [-0.25, -0.2) is 10.8 Å². The summed E-state index contributed by atoms with van der Waals surface area (Å²) >= 11 is 7.38. The first-order valence-electron chi connectivity index (χ1n) is 11.4. The first-order chi connectivity index (χ1) is 18.4. The number of benzene rings is 3. The second-order valence-electron chi connectivity index (χ2n) is 8.48. The monoisotopic (exact) mass is 579 g/mol. The summed E-state index contributed by atoms with van der Waals surface area (Å²) in [6, 6.07) is 17.0. The normalized spacial score (nSPS) is 12.6. The number of nitrogens with zero attached hydrogens (tertiary/aromatic N) is 3. The smallest absolute Gasteiger partial charge is 0.403 e. The Labute approximate surface area is 230 Å². The Morgan fingerprint density at radius 2 is 1.67 bits per heavy atom. The van der Waals surface area contributed by atoms with Gasteiger partial charge in [0.25, 0.3) is 0 Å². The van der Waals surface area contributed by atoms with Gasteiger partial charge < -0.3 is 10.3 Å². The average Bonchev–Trinajstić information content (AvgIpc) is 3.30. The lowest BCUT2D eigenvalue weighted by molar-refractivity contribution is -0.141. The predicted octanol–water partition coefficient (Wildman–Crippen LogP) is 7.51. The van der Waals surface area contributed by atoms with Gasteiger partial charge in [0, 0.05) is 27.9 Å². The van der Waals surface area contributed by atoms with E-state index in [0.717, 1.165) is 33.4 Å². The molecule has 0 bridgehead atoms. The molecule has 0 fully saturated rings. The molecule has 4 N–H and O–H groups in total. The molecule has 1 heterocycles. The van der Waals surface area contributed by atoms with Crippen LogP contribution in [-0.2, 0) is 12.1 Å². The second-order valence-corrected chi connectivity index (χ2v) is 9.80. The molecule has 39 heavy (non-hydrogen) atoms. The SMILES string of the molecule is CSc1cccc(-c2ccc(-n3cc(C(F)(F)F)nc3C)c(N(N)/C(=C\N)C(F)(F)c3ccc(Cl)cc3)c2)c1. The maximum atomic E-state index is 15.7. The molecule has 3 aromatic carbocycles. The quantitative estimate of drug-likeness (QED) is 0.103. The highest BCUT2D eigenvalue weighted by molar-refractivity contribution is 7.98. The van der Waals surface area contributed by atoms with E-state index in [2.05, 4.69) is 4.98 Å². The third-order valence-electron chi connectivity index (χ3n) is 6.02. The third-order valence-corrected chi connectivity index (χ3v) is 6.99. The van der Waals surface area contributed by atoms with Crippen molar-refractivity contribution in [2.75, 3.05) is 11.3 Å². The lowest BCUT2D eigenvalue weighted by Crippen LogP contribution is -2.39. The number of nitrogens with two attached hydrogens (primary N) is 2. The summed E-state index contributed by atoms with van der Waals surface area (Å²) in [6.45, 7) is 1.37. The predicted molar refractivity (Wildman–Crippen MR) is 145 cm³/mol. The number of thioether (sulfide) groups is 1. The van der Waals surface area contributed by atoms with Gasteiger partial charge in [-0.15, -0.1) is 11.8 Å². The maximum Gasteiger partial charge on any atom is 0.434 e. The van der Waals surface area contributed by atoms with Crippen molar-refractivity contribution in [3.63, 3.8) is 0 Å². The molecule has 0 saturated heterocycles. The van der Waals surface area contributed by atoms with E-state index in [-0.39, 0.29) is 22.2 Å². The van der Waals surface area contributed by atoms with Crippen molar-refractivity contribution >= 4 is 29.1 Å². The topological polar surface area (TPSA) is 73.1 Å². The summed E-state index contributed by atoms with van der Waals surface area (Å²) in [7, 11) is 0. The summed E-state index contributed by atoms with van der Waals surface area (Å²) in [6.07, 6.45) is -1.34. The Bertz CT molecular complexity index is 1520. The van der Waals surface area contributed by atoms with E-state index in [0.29, 0.717) is 16.8 Å². The fraction of sp³-hybridized carbons (Fsp3) is 0.148. The third kappa shape index (κ3) is 5.75. The highest BCUT2D eigenvalue weighted by atomic mass is 35.5. The number of aromatic nitrogens is 2. The molecular formula is C27H23ClF5N5S. The zero-order valence-electron chi connectivity index (χ0n) is 20.7. The molecule has 0 saturated carbocycles. The average molecular weight is 580 g/mol. The van der Waals surface area contributed by atoms with Gasteiger partial charge in [0.15, 0.2) is 5.69 Å². The molecule has 12 heteroatoms. The standard InChI is InChI=1S/C27H23ClF5N5S/c1-16-36-24(27(31,32)33)15-37(16)22-11-6-18(17-4-3-5-21(12-17)39-2)13-23(22)38(35)25(14-34)26(29,30)19-7-9-20(28)10-8-19/h3-15H,34-35H2,1-2H3/b25-14-. The molecule has 0 spiro atoms. The summed E-state index contributed by atoms with van der Waals surface area (Å²) in [4.78, 5) is 4.57. The van der Waals surface area contributed by atoms with Crippen molar-refractivity contribution in [1.29, 1.82) is 0 Å². The van der Waals surface area contributed by atoms with Crippen LogP contribution >= 0.6 is 23.4 Å². The Hall–Kier alpha value is -3.54. The van der Waals surface area contributed by atoms with Crippen LogP contribution < -0.4 is 16.6 Å². The number of rotatable bonds is 7. The van der Waals surface area contributed by atoms with Gasteiger partial charge >= 0.3 is 12.1 Å². The molecule has 0 aliphatic heterocycles. The van der Waals surface area contributed by atoms with Gasteiger partial charge in [0.05, 0.1) is 11.4 Å². The number of alkyl halides is 5. The highest BCUT2D eigenvalue weighted by Crippen LogP contribution is 2.41. The molecule has 4 aromatic rings. The van der Waals surface area contributed by atoms with Crippen LogP contribution in [0.25, 0.3) is 16.8 Å². The lowest BCUT2D eigenvalue weighted by Gasteiger charge is -2.30. The molecule has 204 valence electrons. The second kappa shape index (κ2) is 10.9. The van der Waals surface area contributed by atoms with Crippen LogP contribution in [0.5, 0.6) is 0 Å². The van der Waals surface area contributed by atoms with E-state index in [1.807, 2.05) is 30.5 Å². The van der Waals surface area contributed by atoms with Crippen LogP contribution in [0.2, 0.25) is 5.02 Å². The van der Waals surface area contributed by atoms with Gasteiger partial charge in [-0.2, -0.15) is 22.0 Å². The van der Waals surface area contributed by atoms with Crippen molar-refractivity contribution in [3.05, 3.63) is 107 Å². The molecule has 0 atom stereocenters. The summed E-state index contributed by atoms with van der Waals surface area (Å²) < 4.78 is 72.8. The Morgan fingerprint density at radius 3 is 2.26 bits per heavy atom. The molecule has 0 radical (unpaired) electrons. The van der Waals surface area contributed by atoms with E-state index < -0.39 is 29.1 Å². The highest BCUT2D eigenvalue weighted by Gasteiger charge is 2.40. The van der Waals surface area contributed by atoms with Crippen LogP contribution in [0.15, 0.2) is 89.7 Å². The summed E-state index contributed by atoms with van der Waals surface area (Å²) in [5, 5.41) is 0.939. The van der Waals surface area contributed by atoms with Crippen molar-refractivity contribution in [1.82, 2.24) is 9.55 Å². The number of halogens is 6. The molecule has 4 rings (SSSR count). The van der Waals surface area contributed by atoms with E-state index in [4.69, 9.17) is 23.2 Å². The first-order valence-corrected chi connectivity index (χ1v) is 13.0. The molecule has 0 unspecified atom stereocenters. The number of aryl methyl sites for hydroxylation is 1. The molecule has 0 amide bonds. The molecule has 0 aliphatic rings. The van der Waals surface area contributed by atoms with Crippen LogP contribution in [-0.4, -0.2) is 15.8 Å². The number of imidazole rings is 1. The van der Waals surface area contributed by atoms with Gasteiger partial charge in [0.1, 0.15) is 11.5 Å². The molecular weight excluding hydrogens is 557 g/mol. The fourth-order valence-electron chi connectivity index (χ4n) is 4.03. The number of anilines is 1. The fourth-order valence-corrected chi connectivity index (χ4v) is 4.61. The Kier molecular flexibility index (Phi) is 7.97. The Balaban J connectivity index is 1.91. The van der Waals surface area contributed by atoms with Crippen LogP contribution in [0.4, 0.5) is 27.6 Å². The molecule has 1 aromatic heterocycles. The van der Waals surface area contributed by atoms with Gasteiger partial charge in [-0.1, -0.05) is 41.9 Å². The maximum absolute atomic E-state index is 15.7. The number of hydrogen-bond donors (Lipinski definition) is 2. The van der Waals surface area contributed by atoms with Gasteiger partial charge in [0.2, 0.25) is 0 Å². The van der Waals surface area contributed by atoms with Crippen LogP contribution in [0, 0.1) is 6.92 Å². The number of hydrogen-bond acceptors (Lipinski definition) is 5. The van der Waals surface area contributed by atoms with Crippen molar-refractivity contribution in [2.45, 2.75) is 23.9 Å². The first kappa shape index (κ1) is 28.5. The molecule has 0 aliphatic carbocycles. The van der Waals surface area contributed by atoms with Crippen molar-refractivity contribution < 1.29 is 22.0 Å². The number of allylic oxidation sites excluding steroid dienone is 1. The largest absolute Gasteiger partial charge is 0.434 e. The lowest BCUT2D eigenvalue weighted by atomic mass is 10.0. The van der Waals surface area contributed by atoms with E-state index in [1.165, 1.54) is 43.0 Å². The molecule has 5 nitrogen and oxygen atoms in total. The minimum absolute atomic E-state index is 0.0168. The van der Waals surface area contributed by atoms with Gasteiger partial charge in [-0.05, 0) is 60.7 Å². The number of hydrazine groups is 1. The minimum Gasteiger partial charge on any atom is -0.403 e. The Morgan fingerprint density at radius 1 is 1.00 bits per heavy atom.